The molecule has 2 N–H and O–H groups in total. The number of likely N-dealkylation sites (tertiary alicyclic amines) is 1. The highest BCUT2D eigenvalue weighted by molar-refractivity contribution is 9.10. The van der Waals surface area contributed by atoms with Gasteiger partial charge in [-0.2, -0.15) is 0 Å². The molecule has 0 bridgehead atoms. The van der Waals surface area contributed by atoms with Crippen molar-refractivity contribution in [2.45, 2.75) is 45.6 Å². The van der Waals surface area contributed by atoms with Gasteiger partial charge in [-0.3, -0.25) is 4.90 Å². The summed E-state index contributed by atoms with van der Waals surface area (Å²) in [7, 11) is 0. The van der Waals surface area contributed by atoms with Crippen LogP contribution in [0.3, 0.4) is 0 Å². The van der Waals surface area contributed by atoms with Gasteiger partial charge in [0.15, 0.2) is 0 Å². The van der Waals surface area contributed by atoms with Crippen LogP contribution in [0.2, 0.25) is 0 Å². The average molecular weight is 345 g/mol. The molecule has 1 fully saturated rings. The zero-order chi connectivity index (χ0) is 13.8. The lowest BCUT2D eigenvalue weighted by atomic mass is 9.91. The molecule has 1 aliphatic heterocycles. The lowest BCUT2D eigenvalue weighted by molar-refractivity contribution is 0.133. The maximum atomic E-state index is 6.04. The third kappa shape index (κ3) is 3.81. The molecule has 1 atom stereocenters. The highest BCUT2D eigenvalue weighted by Gasteiger charge is 2.26. The van der Waals surface area contributed by atoms with Gasteiger partial charge in [-0.1, -0.05) is 19.8 Å². The molecule has 1 aromatic rings. The van der Waals surface area contributed by atoms with Crippen molar-refractivity contribution >= 4 is 27.3 Å². The van der Waals surface area contributed by atoms with Crippen LogP contribution in [-0.2, 0) is 0 Å². The first-order valence-electron chi connectivity index (χ1n) is 7.35. The fourth-order valence-corrected chi connectivity index (χ4v) is 4.76. The molecule has 1 unspecified atom stereocenters. The highest BCUT2D eigenvalue weighted by atomic mass is 79.9. The number of halogens is 1. The van der Waals surface area contributed by atoms with Crippen LogP contribution < -0.4 is 5.73 Å². The van der Waals surface area contributed by atoms with Gasteiger partial charge >= 0.3 is 0 Å². The molecule has 0 aliphatic carbocycles. The van der Waals surface area contributed by atoms with Gasteiger partial charge in [0.2, 0.25) is 0 Å². The molecule has 108 valence electrons. The Morgan fingerprint density at radius 2 is 2.16 bits per heavy atom. The second kappa shape index (κ2) is 7.21. The van der Waals surface area contributed by atoms with Crippen molar-refractivity contribution in [3.63, 3.8) is 0 Å². The lowest BCUT2D eigenvalue weighted by Crippen LogP contribution is -2.39. The predicted molar refractivity (Wildman–Crippen MR) is 87.8 cm³/mol. The zero-order valence-corrected chi connectivity index (χ0v) is 14.4. The SMILES string of the molecule is CCCC1CCN(C(CN)c2cc(Br)c(C)s2)CC1. The van der Waals surface area contributed by atoms with Gasteiger partial charge in [0.05, 0.1) is 6.04 Å². The number of piperidine rings is 1. The van der Waals surface area contributed by atoms with E-state index < -0.39 is 0 Å². The van der Waals surface area contributed by atoms with Gasteiger partial charge < -0.3 is 5.73 Å². The average Bonchev–Trinajstić information content (AvgIpc) is 2.73. The molecule has 2 heterocycles. The molecule has 1 saturated heterocycles. The minimum atomic E-state index is 0.414. The van der Waals surface area contributed by atoms with Gasteiger partial charge in [0, 0.05) is 20.8 Å². The number of thiophene rings is 1. The van der Waals surface area contributed by atoms with E-state index in [1.54, 1.807) is 0 Å². The van der Waals surface area contributed by atoms with E-state index in [0.29, 0.717) is 6.04 Å². The van der Waals surface area contributed by atoms with Gasteiger partial charge in [0.25, 0.3) is 0 Å². The molecule has 0 amide bonds. The quantitative estimate of drug-likeness (QED) is 0.861. The van der Waals surface area contributed by atoms with Gasteiger partial charge in [-0.25, -0.2) is 0 Å². The summed E-state index contributed by atoms with van der Waals surface area (Å²) in [6, 6.07) is 2.67. The van der Waals surface area contributed by atoms with Crippen LogP contribution in [0.5, 0.6) is 0 Å². The highest BCUT2D eigenvalue weighted by Crippen LogP contribution is 2.35. The molecule has 1 aliphatic rings. The number of aryl methyl sites for hydroxylation is 1. The molecular formula is C15H25BrN2S. The minimum absolute atomic E-state index is 0.414. The van der Waals surface area contributed by atoms with Crippen LogP contribution in [0.15, 0.2) is 10.5 Å². The fourth-order valence-electron chi connectivity index (χ4n) is 3.05. The van der Waals surface area contributed by atoms with Gasteiger partial charge in [-0.15, -0.1) is 11.3 Å². The molecule has 1 aromatic heterocycles. The third-order valence-electron chi connectivity index (χ3n) is 4.21. The van der Waals surface area contributed by atoms with Crippen LogP contribution in [-0.4, -0.2) is 24.5 Å². The largest absolute Gasteiger partial charge is 0.329 e. The Labute approximate surface area is 129 Å². The molecule has 0 radical (unpaired) electrons. The normalized spacial score (nSPS) is 19.8. The Hall–Kier alpha value is 0.1000. The van der Waals surface area contributed by atoms with E-state index in [4.69, 9.17) is 5.73 Å². The van der Waals surface area contributed by atoms with Crippen molar-refractivity contribution in [2.24, 2.45) is 11.7 Å². The maximum absolute atomic E-state index is 6.04. The first-order valence-corrected chi connectivity index (χ1v) is 8.96. The van der Waals surface area contributed by atoms with E-state index >= 15 is 0 Å². The Morgan fingerprint density at radius 3 is 2.63 bits per heavy atom. The molecular weight excluding hydrogens is 320 g/mol. The van der Waals surface area contributed by atoms with E-state index in [1.165, 1.54) is 53.0 Å². The van der Waals surface area contributed by atoms with Crippen molar-refractivity contribution in [1.29, 1.82) is 0 Å². The van der Waals surface area contributed by atoms with Crippen LogP contribution in [0.1, 0.15) is 48.4 Å². The number of rotatable bonds is 5. The van der Waals surface area contributed by atoms with Gasteiger partial charge in [0.1, 0.15) is 0 Å². The smallest absolute Gasteiger partial charge is 0.0564 e. The fraction of sp³-hybridized carbons (Fsp3) is 0.733. The number of nitrogens with zero attached hydrogens (tertiary/aromatic N) is 1. The van der Waals surface area contributed by atoms with E-state index in [0.717, 1.165) is 12.5 Å². The summed E-state index contributed by atoms with van der Waals surface area (Å²) in [5, 5.41) is 0. The molecule has 2 rings (SSSR count). The third-order valence-corrected chi connectivity index (χ3v) is 6.45. The predicted octanol–water partition coefficient (Wildman–Crippen LogP) is 4.33. The molecule has 19 heavy (non-hydrogen) atoms. The van der Waals surface area contributed by atoms with Crippen LogP contribution >= 0.6 is 27.3 Å². The molecule has 0 aromatic carbocycles. The van der Waals surface area contributed by atoms with Crippen LogP contribution in [0.4, 0.5) is 0 Å². The summed E-state index contributed by atoms with van der Waals surface area (Å²) >= 11 is 5.50. The van der Waals surface area contributed by atoms with Crippen molar-refractivity contribution in [3.05, 3.63) is 20.3 Å². The first-order chi connectivity index (χ1) is 9.15. The summed E-state index contributed by atoms with van der Waals surface area (Å²) in [6.45, 7) is 7.60. The number of nitrogens with two attached hydrogens (primary N) is 1. The Balaban J connectivity index is 1.99. The summed E-state index contributed by atoms with van der Waals surface area (Å²) in [4.78, 5) is 5.36. The maximum Gasteiger partial charge on any atom is 0.0564 e. The molecule has 4 heteroatoms. The lowest BCUT2D eigenvalue weighted by Gasteiger charge is -2.36. The Bertz CT molecular complexity index is 377. The van der Waals surface area contributed by atoms with E-state index in [-0.39, 0.29) is 0 Å². The van der Waals surface area contributed by atoms with Gasteiger partial charge in [-0.05, 0) is 60.8 Å². The van der Waals surface area contributed by atoms with E-state index in [1.807, 2.05) is 11.3 Å². The van der Waals surface area contributed by atoms with Crippen LogP contribution in [0, 0.1) is 12.8 Å². The summed E-state index contributed by atoms with van der Waals surface area (Å²) < 4.78 is 1.23. The first kappa shape index (κ1) is 15.5. The molecule has 0 spiro atoms. The van der Waals surface area contributed by atoms with E-state index in [9.17, 15) is 0 Å². The Morgan fingerprint density at radius 1 is 1.47 bits per heavy atom. The summed E-state index contributed by atoms with van der Waals surface area (Å²) in [6.07, 6.45) is 5.40. The van der Waals surface area contributed by atoms with Crippen molar-refractivity contribution in [3.8, 4) is 0 Å². The van der Waals surface area contributed by atoms with Crippen LogP contribution in [0.25, 0.3) is 0 Å². The standard InChI is InChI=1S/C15H25BrN2S/c1-3-4-12-5-7-18(8-6-12)14(10-17)15-9-13(16)11(2)19-15/h9,12,14H,3-8,10,17H2,1-2H3. The second-order valence-electron chi connectivity index (χ2n) is 5.57. The molecule has 0 saturated carbocycles. The number of hydrogen-bond donors (Lipinski definition) is 1. The van der Waals surface area contributed by atoms with Crippen molar-refractivity contribution in [1.82, 2.24) is 4.90 Å². The van der Waals surface area contributed by atoms with Crippen molar-refractivity contribution < 1.29 is 0 Å². The Kier molecular flexibility index (Phi) is 5.87. The monoisotopic (exact) mass is 344 g/mol. The zero-order valence-electron chi connectivity index (χ0n) is 12.0. The second-order valence-corrected chi connectivity index (χ2v) is 7.71. The number of hydrogen-bond acceptors (Lipinski definition) is 3. The summed E-state index contributed by atoms with van der Waals surface area (Å²) in [5.41, 5.74) is 6.04. The van der Waals surface area contributed by atoms with E-state index in [2.05, 4.69) is 40.7 Å². The topological polar surface area (TPSA) is 29.3 Å². The molecule has 2 nitrogen and oxygen atoms in total. The summed E-state index contributed by atoms with van der Waals surface area (Å²) in [5.74, 6) is 0.941. The van der Waals surface area contributed by atoms with Crippen molar-refractivity contribution in [2.75, 3.05) is 19.6 Å². The minimum Gasteiger partial charge on any atom is -0.329 e.